The molecule has 0 bridgehead atoms. The van der Waals surface area contributed by atoms with Gasteiger partial charge in [-0.25, -0.2) is 13.6 Å². The zero-order chi connectivity index (χ0) is 19.7. The normalized spacial score (nSPS) is 11.1. The molecule has 0 fully saturated rings. The zero-order valence-corrected chi connectivity index (χ0v) is 15.5. The minimum Gasteiger partial charge on any atom is -0.462 e. The molecular weight excluding hydrogens is 386 g/mol. The smallest absolute Gasteiger partial charge is 0.348 e. The number of carbonyl (C=O) groups is 1. The van der Waals surface area contributed by atoms with E-state index in [0.29, 0.717) is 26.1 Å². The van der Waals surface area contributed by atoms with Crippen LogP contribution in [0.15, 0.2) is 42.5 Å². The number of halogens is 2. The molecule has 2 aromatic carbocycles. The van der Waals surface area contributed by atoms with Crippen LogP contribution < -0.4 is 0 Å². The molecular formula is C19H14F2N4O2S. The number of hydrogen-bond acceptors (Lipinski definition) is 6. The largest absolute Gasteiger partial charge is 0.462 e. The topological polar surface area (TPSA) is 69.9 Å². The number of tetrazole rings is 1. The van der Waals surface area contributed by atoms with Crippen molar-refractivity contribution >= 4 is 27.4 Å². The van der Waals surface area contributed by atoms with E-state index >= 15 is 0 Å². The molecule has 4 rings (SSSR count). The standard InChI is InChI=1S/C19H14F2N4O2S/c1-2-27-19(26)17-13(16-14(21)7-4-8-15(16)28-17)10-25-23-18(22-24-25)11-5-3-6-12(20)9-11/h3-9H,2,10H2,1H3. The summed E-state index contributed by atoms with van der Waals surface area (Å²) in [6.45, 7) is 1.94. The average Bonchev–Trinajstić information content (AvgIpc) is 3.28. The summed E-state index contributed by atoms with van der Waals surface area (Å²) in [6.07, 6.45) is 0. The van der Waals surface area contributed by atoms with Crippen LogP contribution in [0.5, 0.6) is 0 Å². The molecule has 28 heavy (non-hydrogen) atoms. The summed E-state index contributed by atoms with van der Waals surface area (Å²) in [5.41, 5.74) is 0.901. The average molecular weight is 400 g/mol. The molecule has 0 unspecified atom stereocenters. The molecule has 0 aliphatic rings. The molecule has 2 aromatic heterocycles. The number of rotatable bonds is 5. The van der Waals surface area contributed by atoms with Crippen LogP contribution in [0.1, 0.15) is 22.2 Å². The number of ether oxygens (including phenoxy) is 1. The van der Waals surface area contributed by atoms with Crippen LogP contribution in [0.3, 0.4) is 0 Å². The van der Waals surface area contributed by atoms with Crippen molar-refractivity contribution in [2.75, 3.05) is 6.61 Å². The minimum absolute atomic E-state index is 0.0252. The number of carbonyl (C=O) groups excluding carboxylic acids is 1. The van der Waals surface area contributed by atoms with Crippen molar-refractivity contribution < 1.29 is 18.3 Å². The maximum absolute atomic E-state index is 14.5. The van der Waals surface area contributed by atoms with E-state index in [2.05, 4.69) is 15.4 Å². The Kier molecular flexibility index (Phi) is 4.82. The monoisotopic (exact) mass is 400 g/mol. The van der Waals surface area contributed by atoms with Gasteiger partial charge < -0.3 is 4.74 Å². The number of benzene rings is 2. The Morgan fingerprint density at radius 1 is 1.21 bits per heavy atom. The molecule has 142 valence electrons. The summed E-state index contributed by atoms with van der Waals surface area (Å²) in [4.78, 5) is 13.9. The first-order valence-corrected chi connectivity index (χ1v) is 9.29. The second-order valence-corrected chi connectivity index (χ2v) is 6.95. The molecule has 0 radical (unpaired) electrons. The van der Waals surface area contributed by atoms with Gasteiger partial charge in [0.05, 0.1) is 13.2 Å². The molecule has 0 N–H and O–H groups in total. The number of aromatic nitrogens is 4. The highest BCUT2D eigenvalue weighted by Crippen LogP contribution is 2.34. The van der Waals surface area contributed by atoms with Gasteiger partial charge in [0, 0.05) is 21.2 Å². The highest BCUT2D eigenvalue weighted by molar-refractivity contribution is 7.21. The van der Waals surface area contributed by atoms with Gasteiger partial charge in [-0.1, -0.05) is 18.2 Å². The fraction of sp³-hybridized carbons (Fsp3) is 0.158. The van der Waals surface area contributed by atoms with E-state index < -0.39 is 17.6 Å². The number of hydrogen-bond donors (Lipinski definition) is 0. The van der Waals surface area contributed by atoms with Crippen LogP contribution in [-0.2, 0) is 11.3 Å². The highest BCUT2D eigenvalue weighted by Gasteiger charge is 2.23. The van der Waals surface area contributed by atoms with Crippen LogP contribution in [0.25, 0.3) is 21.5 Å². The quantitative estimate of drug-likeness (QED) is 0.473. The van der Waals surface area contributed by atoms with Gasteiger partial charge in [0.15, 0.2) is 0 Å². The lowest BCUT2D eigenvalue weighted by Crippen LogP contribution is -2.10. The van der Waals surface area contributed by atoms with Crippen molar-refractivity contribution in [2.45, 2.75) is 13.5 Å². The van der Waals surface area contributed by atoms with Gasteiger partial charge >= 0.3 is 5.97 Å². The molecule has 6 nitrogen and oxygen atoms in total. The van der Waals surface area contributed by atoms with Gasteiger partial charge in [-0.2, -0.15) is 4.80 Å². The van der Waals surface area contributed by atoms with Gasteiger partial charge in [0.1, 0.15) is 16.5 Å². The third kappa shape index (κ3) is 3.36. The SMILES string of the molecule is CCOC(=O)c1sc2cccc(F)c2c1Cn1nnc(-c2cccc(F)c2)n1. The molecule has 0 atom stereocenters. The molecule has 0 aliphatic carbocycles. The van der Waals surface area contributed by atoms with E-state index in [1.807, 2.05) is 0 Å². The van der Waals surface area contributed by atoms with E-state index in [-0.39, 0.29) is 19.0 Å². The van der Waals surface area contributed by atoms with Crippen molar-refractivity contribution in [1.82, 2.24) is 20.2 Å². The summed E-state index contributed by atoms with van der Waals surface area (Å²) < 4.78 is 33.6. The van der Waals surface area contributed by atoms with Crippen LogP contribution in [0, 0.1) is 11.6 Å². The Hall–Kier alpha value is -3.20. The molecule has 0 amide bonds. The second kappa shape index (κ2) is 7.43. The molecule has 2 heterocycles. The third-order valence-electron chi connectivity index (χ3n) is 4.06. The summed E-state index contributed by atoms with van der Waals surface area (Å²) in [5, 5.41) is 12.5. The fourth-order valence-electron chi connectivity index (χ4n) is 2.87. The molecule has 9 heteroatoms. The Morgan fingerprint density at radius 2 is 2.04 bits per heavy atom. The zero-order valence-electron chi connectivity index (χ0n) is 14.7. The number of nitrogens with zero attached hydrogens (tertiary/aromatic N) is 4. The van der Waals surface area contributed by atoms with Crippen LogP contribution >= 0.6 is 11.3 Å². The van der Waals surface area contributed by atoms with Crippen molar-refractivity contribution in [3.05, 3.63) is 64.5 Å². The first-order valence-electron chi connectivity index (χ1n) is 8.47. The summed E-state index contributed by atoms with van der Waals surface area (Å²) in [6, 6.07) is 10.5. The van der Waals surface area contributed by atoms with Crippen LogP contribution in [0.4, 0.5) is 8.78 Å². The van der Waals surface area contributed by atoms with Gasteiger partial charge in [-0.15, -0.1) is 21.5 Å². The Labute approximate surface area is 162 Å². The summed E-state index contributed by atoms with van der Waals surface area (Å²) in [5.74, 6) is -1.14. The van der Waals surface area contributed by atoms with E-state index in [1.54, 1.807) is 31.2 Å². The lowest BCUT2D eigenvalue weighted by atomic mass is 10.1. The molecule has 0 saturated carbocycles. The van der Waals surface area contributed by atoms with E-state index in [4.69, 9.17) is 4.74 Å². The number of thiophene rings is 1. The van der Waals surface area contributed by atoms with Gasteiger partial charge in [-0.05, 0) is 36.4 Å². The van der Waals surface area contributed by atoms with Crippen LogP contribution in [-0.4, -0.2) is 32.8 Å². The van der Waals surface area contributed by atoms with Gasteiger partial charge in [-0.3, -0.25) is 0 Å². The van der Waals surface area contributed by atoms with Crippen molar-refractivity contribution in [1.29, 1.82) is 0 Å². The van der Waals surface area contributed by atoms with Gasteiger partial charge in [0.2, 0.25) is 5.82 Å². The first kappa shape index (κ1) is 18.2. The van der Waals surface area contributed by atoms with Crippen molar-refractivity contribution in [3.8, 4) is 11.4 Å². The number of fused-ring (bicyclic) bond motifs is 1. The summed E-state index contributed by atoms with van der Waals surface area (Å²) in [7, 11) is 0. The predicted octanol–water partition coefficient (Wildman–Crippen LogP) is 4.06. The maximum atomic E-state index is 14.5. The van der Waals surface area contributed by atoms with Crippen molar-refractivity contribution in [2.24, 2.45) is 0 Å². The maximum Gasteiger partial charge on any atom is 0.348 e. The highest BCUT2D eigenvalue weighted by atomic mass is 32.1. The molecule has 0 spiro atoms. The number of esters is 1. The molecule has 4 aromatic rings. The Balaban J connectivity index is 1.75. The molecule has 0 saturated heterocycles. The second-order valence-electron chi connectivity index (χ2n) is 5.90. The fourth-order valence-corrected chi connectivity index (χ4v) is 4.00. The Bertz CT molecular complexity index is 1170. The first-order chi connectivity index (χ1) is 13.6. The molecule has 0 aliphatic heterocycles. The lowest BCUT2D eigenvalue weighted by Gasteiger charge is -2.04. The minimum atomic E-state index is -0.524. The lowest BCUT2D eigenvalue weighted by molar-refractivity contribution is 0.0531. The van der Waals surface area contributed by atoms with Crippen LogP contribution in [0.2, 0.25) is 0 Å². The van der Waals surface area contributed by atoms with Gasteiger partial charge in [0.25, 0.3) is 0 Å². The Morgan fingerprint density at radius 3 is 2.82 bits per heavy atom. The predicted molar refractivity (Wildman–Crippen MR) is 100 cm³/mol. The summed E-state index contributed by atoms with van der Waals surface area (Å²) >= 11 is 1.16. The van der Waals surface area contributed by atoms with E-state index in [1.165, 1.54) is 23.0 Å². The van der Waals surface area contributed by atoms with Crippen molar-refractivity contribution in [3.63, 3.8) is 0 Å². The third-order valence-corrected chi connectivity index (χ3v) is 5.24. The van der Waals surface area contributed by atoms with E-state index in [0.717, 1.165) is 11.3 Å². The van der Waals surface area contributed by atoms with E-state index in [9.17, 15) is 13.6 Å².